The molecule has 0 aliphatic heterocycles. The molecule has 2 heteroatoms. The summed E-state index contributed by atoms with van der Waals surface area (Å²) in [5.74, 6) is 1.27. The van der Waals surface area contributed by atoms with Crippen LogP contribution in [0.1, 0.15) is 30.9 Å². The molecule has 1 rings (SSSR count). The highest BCUT2D eigenvalue weighted by Gasteiger charge is 2.02. The molecule has 90 valence electrons. The number of aryl methyl sites for hydroxylation is 2. The number of hydrogen-bond acceptors (Lipinski definition) is 2. The smallest absolute Gasteiger partial charge is 0.0402 e. The number of thioether (sulfide) groups is 1. The van der Waals surface area contributed by atoms with Crippen LogP contribution < -0.4 is 5.32 Å². The van der Waals surface area contributed by atoms with Crippen molar-refractivity contribution in [3.8, 4) is 0 Å². The molecule has 0 aromatic heterocycles. The van der Waals surface area contributed by atoms with Crippen molar-refractivity contribution in [1.29, 1.82) is 0 Å². The summed E-state index contributed by atoms with van der Waals surface area (Å²) >= 11 is 1.93. The molecule has 0 aliphatic carbocycles. The van der Waals surface area contributed by atoms with Crippen molar-refractivity contribution < 1.29 is 0 Å². The summed E-state index contributed by atoms with van der Waals surface area (Å²) in [6, 6.07) is 6.55. The number of benzene rings is 1. The molecule has 0 bridgehead atoms. The molecule has 0 aliphatic rings. The lowest BCUT2D eigenvalue weighted by Crippen LogP contribution is -2.06. The Balaban J connectivity index is 2.46. The first-order valence-corrected chi connectivity index (χ1v) is 7.50. The molecule has 0 atom stereocenters. The minimum absolute atomic E-state index is 1.10. The standard InChI is InChI=1S/C14H23NS/c1-4-13-9-7-8-12(2)14(13)15-10-5-6-11-16-3/h7-9,15H,4-6,10-11H2,1-3H3. The summed E-state index contributed by atoms with van der Waals surface area (Å²) in [5.41, 5.74) is 4.16. The zero-order valence-corrected chi connectivity index (χ0v) is 11.5. The zero-order valence-electron chi connectivity index (χ0n) is 10.7. The number of para-hydroxylation sites is 1. The van der Waals surface area contributed by atoms with Crippen molar-refractivity contribution in [3.05, 3.63) is 29.3 Å². The Labute approximate surface area is 104 Å². The molecular formula is C14H23NS. The molecule has 1 aromatic rings. The minimum Gasteiger partial charge on any atom is -0.385 e. The molecule has 0 amide bonds. The fourth-order valence-electron chi connectivity index (χ4n) is 1.86. The van der Waals surface area contributed by atoms with Crippen molar-refractivity contribution in [3.63, 3.8) is 0 Å². The van der Waals surface area contributed by atoms with Gasteiger partial charge in [0.15, 0.2) is 0 Å². The van der Waals surface area contributed by atoms with E-state index in [9.17, 15) is 0 Å². The van der Waals surface area contributed by atoms with E-state index < -0.39 is 0 Å². The van der Waals surface area contributed by atoms with Gasteiger partial charge in [-0.05, 0) is 49.3 Å². The van der Waals surface area contributed by atoms with Crippen LogP contribution in [0.5, 0.6) is 0 Å². The SMILES string of the molecule is CCc1cccc(C)c1NCCCCSC. The Hall–Kier alpha value is -0.630. The Bertz CT molecular complexity index is 310. The van der Waals surface area contributed by atoms with E-state index in [0.29, 0.717) is 0 Å². The number of rotatable bonds is 7. The number of anilines is 1. The lowest BCUT2D eigenvalue weighted by Gasteiger charge is -2.13. The maximum atomic E-state index is 3.58. The molecule has 1 aromatic carbocycles. The van der Waals surface area contributed by atoms with Crippen molar-refractivity contribution in [2.75, 3.05) is 23.9 Å². The van der Waals surface area contributed by atoms with E-state index in [0.717, 1.165) is 13.0 Å². The summed E-state index contributed by atoms with van der Waals surface area (Å²) in [7, 11) is 0. The van der Waals surface area contributed by atoms with Gasteiger partial charge in [-0.2, -0.15) is 11.8 Å². The summed E-state index contributed by atoms with van der Waals surface area (Å²) in [6.45, 7) is 5.50. The lowest BCUT2D eigenvalue weighted by atomic mass is 10.1. The van der Waals surface area contributed by atoms with Gasteiger partial charge in [-0.15, -0.1) is 0 Å². The Morgan fingerprint density at radius 2 is 2.06 bits per heavy atom. The molecule has 0 radical (unpaired) electrons. The average molecular weight is 237 g/mol. The van der Waals surface area contributed by atoms with E-state index in [2.05, 4.69) is 43.6 Å². The van der Waals surface area contributed by atoms with Gasteiger partial charge in [0.1, 0.15) is 0 Å². The molecule has 0 saturated heterocycles. The van der Waals surface area contributed by atoms with E-state index in [-0.39, 0.29) is 0 Å². The Morgan fingerprint density at radius 3 is 2.75 bits per heavy atom. The molecule has 0 unspecified atom stereocenters. The highest BCUT2D eigenvalue weighted by Crippen LogP contribution is 2.20. The van der Waals surface area contributed by atoms with Gasteiger partial charge in [0.2, 0.25) is 0 Å². The van der Waals surface area contributed by atoms with Crippen molar-refractivity contribution in [2.45, 2.75) is 33.1 Å². The predicted molar refractivity (Wildman–Crippen MR) is 76.7 cm³/mol. The highest BCUT2D eigenvalue weighted by molar-refractivity contribution is 7.98. The molecule has 1 nitrogen and oxygen atoms in total. The largest absolute Gasteiger partial charge is 0.385 e. The van der Waals surface area contributed by atoms with Gasteiger partial charge < -0.3 is 5.32 Å². The fourth-order valence-corrected chi connectivity index (χ4v) is 2.35. The van der Waals surface area contributed by atoms with Crippen LogP contribution in [0.15, 0.2) is 18.2 Å². The van der Waals surface area contributed by atoms with Crippen LogP contribution in [0.3, 0.4) is 0 Å². The van der Waals surface area contributed by atoms with Crippen LogP contribution in [0, 0.1) is 6.92 Å². The van der Waals surface area contributed by atoms with E-state index in [1.165, 1.54) is 35.4 Å². The summed E-state index contributed by atoms with van der Waals surface area (Å²) in [4.78, 5) is 0. The quantitative estimate of drug-likeness (QED) is 0.716. The van der Waals surface area contributed by atoms with Crippen LogP contribution >= 0.6 is 11.8 Å². The second kappa shape index (κ2) is 7.61. The third kappa shape index (κ3) is 4.09. The van der Waals surface area contributed by atoms with Gasteiger partial charge in [0.25, 0.3) is 0 Å². The second-order valence-corrected chi connectivity index (χ2v) is 5.07. The van der Waals surface area contributed by atoms with Crippen molar-refractivity contribution in [2.24, 2.45) is 0 Å². The van der Waals surface area contributed by atoms with Crippen LogP contribution in [0.25, 0.3) is 0 Å². The molecule has 1 N–H and O–H groups in total. The van der Waals surface area contributed by atoms with Crippen LogP contribution in [-0.2, 0) is 6.42 Å². The summed E-state index contributed by atoms with van der Waals surface area (Å²) < 4.78 is 0. The van der Waals surface area contributed by atoms with Gasteiger partial charge in [-0.25, -0.2) is 0 Å². The number of hydrogen-bond donors (Lipinski definition) is 1. The minimum atomic E-state index is 1.10. The zero-order chi connectivity index (χ0) is 11.8. The van der Waals surface area contributed by atoms with E-state index in [1.54, 1.807) is 0 Å². The van der Waals surface area contributed by atoms with Gasteiger partial charge in [0, 0.05) is 12.2 Å². The maximum Gasteiger partial charge on any atom is 0.0402 e. The second-order valence-electron chi connectivity index (χ2n) is 4.09. The van der Waals surface area contributed by atoms with Gasteiger partial charge in [-0.1, -0.05) is 25.1 Å². The molecule has 0 saturated carbocycles. The monoisotopic (exact) mass is 237 g/mol. The third-order valence-electron chi connectivity index (χ3n) is 2.82. The molecule has 0 fully saturated rings. The van der Waals surface area contributed by atoms with E-state index in [4.69, 9.17) is 0 Å². The van der Waals surface area contributed by atoms with Crippen LogP contribution in [-0.4, -0.2) is 18.6 Å². The van der Waals surface area contributed by atoms with Crippen molar-refractivity contribution >= 4 is 17.4 Å². The average Bonchev–Trinajstić information content (AvgIpc) is 2.30. The van der Waals surface area contributed by atoms with Crippen molar-refractivity contribution in [1.82, 2.24) is 0 Å². The highest BCUT2D eigenvalue weighted by atomic mass is 32.2. The normalized spacial score (nSPS) is 10.4. The molecular weight excluding hydrogens is 214 g/mol. The fraction of sp³-hybridized carbons (Fsp3) is 0.571. The molecule has 0 heterocycles. The topological polar surface area (TPSA) is 12.0 Å². The van der Waals surface area contributed by atoms with Crippen LogP contribution in [0.4, 0.5) is 5.69 Å². The van der Waals surface area contributed by atoms with E-state index in [1.807, 2.05) is 11.8 Å². The molecule has 0 spiro atoms. The first-order valence-electron chi connectivity index (χ1n) is 6.11. The summed E-state index contributed by atoms with van der Waals surface area (Å²) in [5, 5.41) is 3.58. The van der Waals surface area contributed by atoms with Gasteiger partial charge >= 0.3 is 0 Å². The summed E-state index contributed by atoms with van der Waals surface area (Å²) in [6.07, 6.45) is 5.85. The maximum absolute atomic E-state index is 3.58. The third-order valence-corrected chi connectivity index (χ3v) is 3.51. The lowest BCUT2D eigenvalue weighted by molar-refractivity contribution is 0.841. The van der Waals surface area contributed by atoms with E-state index >= 15 is 0 Å². The number of unbranched alkanes of at least 4 members (excludes halogenated alkanes) is 1. The Morgan fingerprint density at radius 1 is 1.25 bits per heavy atom. The Kier molecular flexibility index (Phi) is 6.39. The predicted octanol–water partition coefficient (Wildman–Crippen LogP) is 4.11. The number of nitrogens with one attached hydrogen (secondary N) is 1. The first-order chi connectivity index (χ1) is 7.79. The van der Waals surface area contributed by atoms with Gasteiger partial charge in [0.05, 0.1) is 0 Å². The van der Waals surface area contributed by atoms with Gasteiger partial charge in [-0.3, -0.25) is 0 Å². The first kappa shape index (κ1) is 13.4. The van der Waals surface area contributed by atoms with Crippen LogP contribution in [0.2, 0.25) is 0 Å². The molecule has 16 heavy (non-hydrogen) atoms.